The monoisotopic (exact) mass is 668 g/mol. The zero-order valence-corrected chi connectivity index (χ0v) is 28.5. The van der Waals surface area contributed by atoms with Crippen LogP contribution >= 0.6 is 11.8 Å². The Balaban J connectivity index is 1.43. The van der Waals surface area contributed by atoms with Crippen molar-refractivity contribution in [3.63, 3.8) is 0 Å². The fraction of sp³-hybridized carbons (Fsp3) is 0.375. The van der Waals surface area contributed by atoms with Crippen LogP contribution in [-0.4, -0.2) is 58.8 Å². The minimum atomic E-state index is -0.651. The number of carbonyl (C=O) groups excluding carboxylic acids is 3. The number of benzene rings is 3. The van der Waals surface area contributed by atoms with Crippen LogP contribution in [0.25, 0.3) is 0 Å². The SMILES string of the molecule is C=CCC[C@H](Cc1ccccc1)C(=O)OC[C@H](CSCc1ccccc1)NC(=O)[C@@H](CC=C)CC(=O)N1Cc2ccccc2C[C@H]1CO. The van der Waals surface area contributed by atoms with E-state index in [2.05, 4.69) is 30.6 Å². The molecule has 0 unspecified atom stereocenters. The van der Waals surface area contributed by atoms with E-state index in [1.165, 1.54) is 0 Å². The molecule has 0 radical (unpaired) electrons. The van der Waals surface area contributed by atoms with Crippen LogP contribution in [0.3, 0.4) is 0 Å². The van der Waals surface area contributed by atoms with Crippen molar-refractivity contribution >= 4 is 29.5 Å². The fourth-order valence-corrected chi connectivity index (χ4v) is 7.03. The van der Waals surface area contributed by atoms with Gasteiger partial charge in [-0.25, -0.2) is 0 Å². The summed E-state index contributed by atoms with van der Waals surface area (Å²) >= 11 is 1.65. The van der Waals surface area contributed by atoms with Gasteiger partial charge in [-0.1, -0.05) is 97.1 Å². The number of thioether (sulfide) groups is 1. The molecule has 3 aromatic rings. The summed E-state index contributed by atoms with van der Waals surface area (Å²) in [5.41, 5.74) is 4.40. The molecule has 4 rings (SSSR count). The molecule has 48 heavy (non-hydrogen) atoms. The highest BCUT2D eigenvalue weighted by Gasteiger charge is 2.32. The van der Waals surface area contributed by atoms with Gasteiger partial charge in [0.15, 0.2) is 0 Å². The number of aliphatic hydroxyl groups excluding tert-OH is 1. The second-order valence-corrected chi connectivity index (χ2v) is 13.4. The number of aliphatic hydroxyl groups is 1. The highest BCUT2D eigenvalue weighted by atomic mass is 32.2. The topological polar surface area (TPSA) is 95.9 Å². The van der Waals surface area contributed by atoms with Crippen molar-refractivity contribution in [2.45, 2.75) is 62.9 Å². The van der Waals surface area contributed by atoms with Crippen molar-refractivity contribution < 1.29 is 24.2 Å². The maximum absolute atomic E-state index is 13.8. The summed E-state index contributed by atoms with van der Waals surface area (Å²) in [5, 5.41) is 13.2. The standard InChI is InChI=1S/C40H48N2O5S/c1-3-5-19-34(22-30-15-8-6-9-16-30)40(46)47-27-36(29-48-28-31-17-10-7-11-18-31)41-39(45)33(14-4-2)24-38(44)42-25-35-21-13-12-20-32(35)23-37(42)26-43/h3-4,6-13,15-18,20-21,33-34,36-37,43H,1-2,5,14,19,22-29H2,(H,41,45)/t33-,34+,36+,37-/m0/s1. The number of hydrogen-bond donors (Lipinski definition) is 2. The number of ether oxygens (including phenoxy) is 1. The number of nitrogens with zero attached hydrogens (tertiary/aromatic N) is 1. The van der Waals surface area contributed by atoms with Crippen molar-refractivity contribution in [3.05, 3.63) is 132 Å². The largest absolute Gasteiger partial charge is 0.463 e. The Morgan fingerprint density at radius 2 is 1.58 bits per heavy atom. The second-order valence-electron chi connectivity index (χ2n) is 12.3. The summed E-state index contributed by atoms with van der Waals surface area (Å²) in [5.74, 6) is -0.487. The Morgan fingerprint density at radius 1 is 0.917 bits per heavy atom. The van der Waals surface area contributed by atoms with Crippen molar-refractivity contribution in [2.24, 2.45) is 11.8 Å². The highest BCUT2D eigenvalue weighted by Crippen LogP contribution is 2.26. The number of amides is 2. The molecule has 1 aliphatic rings. The van der Waals surface area contributed by atoms with Gasteiger partial charge in [0.05, 0.1) is 30.5 Å². The molecular formula is C40H48N2O5S. The summed E-state index contributed by atoms with van der Waals surface area (Å²) in [6.07, 6.45) is 6.21. The average Bonchev–Trinajstić information content (AvgIpc) is 3.12. The molecule has 4 atom stereocenters. The molecule has 254 valence electrons. The van der Waals surface area contributed by atoms with Crippen LogP contribution in [0, 0.1) is 11.8 Å². The van der Waals surface area contributed by atoms with Crippen LogP contribution in [0.2, 0.25) is 0 Å². The van der Waals surface area contributed by atoms with Gasteiger partial charge in [-0.3, -0.25) is 14.4 Å². The van der Waals surface area contributed by atoms with E-state index in [-0.39, 0.29) is 49.4 Å². The van der Waals surface area contributed by atoms with Gasteiger partial charge in [-0.2, -0.15) is 11.8 Å². The Labute approximate surface area is 289 Å². The van der Waals surface area contributed by atoms with E-state index in [0.29, 0.717) is 44.4 Å². The summed E-state index contributed by atoms with van der Waals surface area (Å²) < 4.78 is 5.89. The van der Waals surface area contributed by atoms with Gasteiger partial charge >= 0.3 is 5.97 Å². The number of nitrogens with one attached hydrogen (secondary N) is 1. The number of allylic oxidation sites excluding steroid dienone is 2. The van der Waals surface area contributed by atoms with Gasteiger partial charge in [-0.05, 0) is 54.4 Å². The van der Waals surface area contributed by atoms with E-state index in [0.717, 1.165) is 28.0 Å². The van der Waals surface area contributed by atoms with Gasteiger partial charge < -0.3 is 20.1 Å². The molecule has 7 nitrogen and oxygen atoms in total. The minimum Gasteiger partial charge on any atom is -0.463 e. The third kappa shape index (κ3) is 11.2. The summed E-state index contributed by atoms with van der Waals surface area (Å²) in [4.78, 5) is 42.5. The first kappa shape index (κ1) is 36.7. The quantitative estimate of drug-likeness (QED) is 0.115. The molecule has 0 aromatic heterocycles. The maximum atomic E-state index is 13.8. The van der Waals surface area contributed by atoms with Crippen LogP contribution in [0.5, 0.6) is 0 Å². The fourth-order valence-electron chi connectivity index (χ4n) is 6.02. The highest BCUT2D eigenvalue weighted by molar-refractivity contribution is 7.98. The Hall–Kier alpha value is -4.14. The third-order valence-corrected chi connectivity index (χ3v) is 9.89. The van der Waals surface area contributed by atoms with Gasteiger partial charge in [0.25, 0.3) is 0 Å². The van der Waals surface area contributed by atoms with Crippen molar-refractivity contribution in [2.75, 3.05) is 19.0 Å². The summed E-state index contributed by atoms with van der Waals surface area (Å²) in [6.45, 7) is 7.92. The van der Waals surface area contributed by atoms with Crippen LogP contribution in [-0.2, 0) is 44.3 Å². The lowest BCUT2D eigenvalue weighted by molar-refractivity contribution is -0.150. The molecule has 1 aliphatic heterocycles. The van der Waals surface area contributed by atoms with Crippen LogP contribution in [0.15, 0.2) is 110 Å². The number of rotatable bonds is 19. The zero-order chi connectivity index (χ0) is 34.1. The van der Waals surface area contributed by atoms with Gasteiger partial charge in [0, 0.05) is 24.5 Å². The second kappa shape index (κ2) is 19.6. The molecule has 0 saturated carbocycles. The van der Waals surface area contributed by atoms with Crippen molar-refractivity contribution in [3.8, 4) is 0 Å². The molecule has 8 heteroatoms. The first-order valence-corrected chi connectivity index (χ1v) is 17.9. The molecule has 0 spiro atoms. The summed E-state index contributed by atoms with van der Waals surface area (Å²) in [7, 11) is 0. The van der Waals surface area contributed by atoms with Gasteiger partial charge in [0.2, 0.25) is 11.8 Å². The van der Waals surface area contributed by atoms with Crippen molar-refractivity contribution in [1.82, 2.24) is 10.2 Å². The molecule has 1 heterocycles. The van der Waals surface area contributed by atoms with E-state index >= 15 is 0 Å². The number of carbonyl (C=O) groups is 3. The molecule has 3 aromatic carbocycles. The van der Waals surface area contributed by atoms with Crippen LogP contribution in [0.1, 0.15) is 47.9 Å². The van der Waals surface area contributed by atoms with Gasteiger partial charge in [-0.15, -0.1) is 13.2 Å². The smallest absolute Gasteiger partial charge is 0.309 e. The normalized spacial score (nSPS) is 15.8. The molecule has 0 saturated heterocycles. The lowest BCUT2D eigenvalue weighted by Crippen LogP contribution is -2.48. The van der Waals surface area contributed by atoms with E-state index in [1.54, 1.807) is 28.8 Å². The number of esters is 1. The molecular weight excluding hydrogens is 621 g/mol. The molecule has 2 amide bonds. The van der Waals surface area contributed by atoms with Crippen molar-refractivity contribution in [1.29, 1.82) is 0 Å². The minimum absolute atomic E-state index is 0.0130. The van der Waals surface area contributed by atoms with E-state index < -0.39 is 12.0 Å². The molecule has 0 bridgehead atoms. The molecule has 0 aliphatic carbocycles. The third-order valence-electron chi connectivity index (χ3n) is 8.71. The van der Waals surface area contributed by atoms with E-state index in [4.69, 9.17) is 4.74 Å². The number of hydrogen-bond acceptors (Lipinski definition) is 6. The first-order chi connectivity index (χ1) is 23.4. The molecule has 0 fully saturated rings. The molecule has 2 N–H and O–H groups in total. The average molecular weight is 669 g/mol. The van der Waals surface area contributed by atoms with Crippen LogP contribution in [0.4, 0.5) is 0 Å². The van der Waals surface area contributed by atoms with E-state index in [9.17, 15) is 19.5 Å². The van der Waals surface area contributed by atoms with Gasteiger partial charge in [0.1, 0.15) is 6.61 Å². The Kier molecular flexibility index (Phi) is 15.0. The Bertz CT molecular complexity index is 1480. The summed E-state index contributed by atoms with van der Waals surface area (Å²) in [6, 6.07) is 27.1. The first-order valence-electron chi connectivity index (χ1n) is 16.7. The predicted octanol–water partition coefficient (Wildman–Crippen LogP) is 6.30. The number of fused-ring (bicyclic) bond motifs is 1. The Morgan fingerprint density at radius 3 is 2.25 bits per heavy atom. The maximum Gasteiger partial charge on any atom is 0.309 e. The lowest BCUT2D eigenvalue weighted by atomic mass is 9.92. The predicted molar refractivity (Wildman–Crippen MR) is 193 cm³/mol. The van der Waals surface area contributed by atoms with Crippen LogP contribution < -0.4 is 5.32 Å². The van der Waals surface area contributed by atoms with E-state index in [1.807, 2.05) is 72.8 Å². The zero-order valence-electron chi connectivity index (χ0n) is 27.7. The lowest BCUT2D eigenvalue weighted by Gasteiger charge is -2.36.